The Morgan fingerprint density at radius 3 is 2.38 bits per heavy atom. The SMILES string of the molecule is C=C/C(=C\N)S(C)=O. The minimum atomic E-state index is -0.985. The van der Waals surface area contributed by atoms with E-state index in [9.17, 15) is 4.21 Å². The molecule has 2 nitrogen and oxygen atoms in total. The second kappa shape index (κ2) is 3.43. The van der Waals surface area contributed by atoms with Crippen molar-refractivity contribution in [1.82, 2.24) is 0 Å². The fourth-order valence-corrected chi connectivity index (χ4v) is 0.708. The Labute approximate surface area is 51.5 Å². The molecule has 1 unspecified atom stereocenters. The number of allylic oxidation sites excluding steroid dienone is 1. The molecule has 0 amide bonds. The third-order valence-electron chi connectivity index (χ3n) is 0.697. The summed E-state index contributed by atoms with van der Waals surface area (Å²) in [7, 11) is -0.985. The van der Waals surface area contributed by atoms with E-state index in [2.05, 4.69) is 6.58 Å². The normalized spacial score (nSPS) is 15.4. The molecule has 1 atom stereocenters. The van der Waals surface area contributed by atoms with Crippen LogP contribution in [0, 0.1) is 0 Å². The van der Waals surface area contributed by atoms with Crippen LogP contribution < -0.4 is 5.73 Å². The van der Waals surface area contributed by atoms with Crippen LogP contribution in [-0.4, -0.2) is 10.5 Å². The summed E-state index contributed by atoms with van der Waals surface area (Å²) in [5, 5.41) is 0. The van der Waals surface area contributed by atoms with Crippen molar-refractivity contribution in [1.29, 1.82) is 0 Å². The van der Waals surface area contributed by atoms with Crippen LogP contribution in [0.15, 0.2) is 23.8 Å². The minimum absolute atomic E-state index is 0.574. The van der Waals surface area contributed by atoms with E-state index in [0.29, 0.717) is 4.91 Å². The van der Waals surface area contributed by atoms with Crippen LogP contribution in [0.25, 0.3) is 0 Å². The molecule has 0 radical (unpaired) electrons. The molecule has 8 heavy (non-hydrogen) atoms. The Morgan fingerprint density at radius 2 is 2.38 bits per heavy atom. The molecular formula is C5H9NOS. The molecule has 0 rings (SSSR count). The summed E-state index contributed by atoms with van der Waals surface area (Å²) < 4.78 is 10.5. The number of nitrogens with two attached hydrogens (primary N) is 1. The lowest BCUT2D eigenvalue weighted by molar-refractivity contribution is 0.690. The first-order chi connectivity index (χ1) is 3.72. The van der Waals surface area contributed by atoms with E-state index in [1.165, 1.54) is 12.3 Å². The number of hydrogen-bond donors (Lipinski definition) is 1. The van der Waals surface area contributed by atoms with Gasteiger partial charge in [-0.15, -0.1) is 0 Å². The fraction of sp³-hybridized carbons (Fsp3) is 0.200. The van der Waals surface area contributed by atoms with E-state index < -0.39 is 10.8 Å². The first-order valence-corrected chi connectivity index (χ1v) is 3.66. The lowest BCUT2D eigenvalue weighted by atomic mass is 10.6. The molecule has 0 saturated carbocycles. The van der Waals surface area contributed by atoms with E-state index in [0.717, 1.165) is 0 Å². The Hall–Kier alpha value is -0.570. The zero-order chi connectivity index (χ0) is 6.57. The summed E-state index contributed by atoms with van der Waals surface area (Å²) >= 11 is 0. The lowest BCUT2D eigenvalue weighted by Gasteiger charge is -1.89. The van der Waals surface area contributed by atoms with Crippen LogP contribution in [0.1, 0.15) is 0 Å². The van der Waals surface area contributed by atoms with Gasteiger partial charge >= 0.3 is 0 Å². The van der Waals surface area contributed by atoms with Crippen molar-refractivity contribution in [3.05, 3.63) is 23.8 Å². The summed E-state index contributed by atoms with van der Waals surface area (Å²) in [6, 6.07) is 0. The molecule has 2 N–H and O–H groups in total. The molecule has 0 fully saturated rings. The van der Waals surface area contributed by atoms with Crippen molar-refractivity contribution in [2.75, 3.05) is 6.26 Å². The van der Waals surface area contributed by atoms with E-state index in [4.69, 9.17) is 5.73 Å². The highest BCUT2D eigenvalue weighted by molar-refractivity contribution is 7.88. The van der Waals surface area contributed by atoms with Crippen molar-refractivity contribution in [2.45, 2.75) is 0 Å². The van der Waals surface area contributed by atoms with Crippen molar-refractivity contribution >= 4 is 10.8 Å². The molecule has 0 aliphatic heterocycles. The highest BCUT2D eigenvalue weighted by atomic mass is 32.2. The molecule has 0 spiro atoms. The predicted molar refractivity (Wildman–Crippen MR) is 36.5 cm³/mol. The van der Waals surface area contributed by atoms with Crippen LogP contribution in [0.4, 0.5) is 0 Å². The minimum Gasteiger partial charge on any atom is -0.404 e. The molecule has 0 aromatic heterocycles. The average molecular weight is 131 g/mol. The van der Waals surface area contributed by atoms with Crippen LogP contribution >= 0.6 is 0 Å². The predicted octanol–water partition coefficient (Wildman–Crippen LogP) is 0.351. The van der Waals surface area contributed by atoms with Gasteiger partial charge in [0.25, 0.3) is 0 Å². The van der Waals surface area contributed by atoms with Gasteiger partial charge in [-0.25, -0.2) is 0 Å². The maximum absolute atomic E-state index is 10.5. The summed E-state index contributed by atoms with van der Waals surface area (Å²) in [5.74, 6) is 0. The second-order valence-electron chi connectivity index (χ2n) is 1.23. The molecular weight excluding hydrogens is 122 g/mol. The molecule has 0 bridgehead atoms. The van der Waals surface area contributed by atoms with Gasteiger partial charge in [-0.3, -0.25) is 4.21 Å². The van der Waals surface area contributed by atoms with E-state index >= 15 is 0 Å². The summed E-state index contributed by atoms with van der Waals surface area (Å²) in [4.78, 5) is 0.574. The van der Waals surface area contributed by atoms with Crippen LogP contribution in [0.2, 0.25) is 0 Å². The van der Waals surface area contributed by atoms with Crippen molar-refractivity contribution in [2.24, 2.45) is 5.73 Å². The van der Waals surface area contributed by atoms with Crippen molar-refractivity contribution in [3.8, 4) is 0 Å². The fourth-order valence-electron chi connectivity index (χ4n) is 0.281. The van der Waals surface area contributed by atoms with Gasteiger partial charge in [-0.1, -0.05) is 12.7 Å². The van der Waals surface area contributed by atoms with E-state index in [1.807, 2.05) is 0 Å². The third-order valence-corrected chi connectivity index (χ3v) is 1.66. The van der Waals surface area contributed by atoms with Crippen LogP contribution in [0.3, 0.4) is 0 Å². The van der Waals surface area contributed by atoms with Crippen LogP contribution in [-0.2, 0) is 10.8 Å². The van der Waals surface area contributed by atoms with Crippen LogP contribution in [0.5, 0.6) is 0 Å². The molecule has 46 valence electrons. The Balaban J connectivity index is 4.13. The Morgan fingerprint density at radius 1 is 1.88 bits per heavy atom. The largest absolute Gasteiger partial charge is 0.404 e. The first-order valence-electron chi connectivity index (χ1n) is 2.10. The zero-order valence-electron chi connectivity index (χ0n) is 4.76. The first kappa shape index (κ1) is 7.43. The standard InChI is InChI=1S/C5H9NOS/c1-3-5(4-6)8(2)7/h3-4H,1,6H2,2H3/b5-4+. The topological polar surface area (TPSA) is 43.1 Å². The van der Waals surface area contributed by atoms with Gasteiger partial charge in [-0.05, 0) is 0 Å². The lowest BCUT2D eigenvalue weighted by Crippen LogP contribution is -1.91. The van der Waals surface area contributed by atoms with Gasteiger partial charge < -0.3 is 5.73 Å². The van der Waals surface area contributed by atoms with E-state index in [1.54, 1.807) is 6.26 Å². The molecule has 0 aromatic rings. The monoisotopic (exact) mass is 131 g/mol. The number of rotatable bonds is 2. The maximum Gasteiger partial charge on any atom is 0.0533 e. The quantitative estimate of drug-likeness (QED) is 0.549. The Bertz CT molecular complexity index is 139. The van der Waals surface area contributed by atoms with Gasteiger partial charge in [0.1, 0.15) is 0 Å². The summed E-state index contributed by atoms with van der Waals surface area (Å²) in [6.07, 6.45) is 4.33. The highest BCUT2D eigenvalue weighted by Crippen LogP contribution is 1.95. The van der Waals surface area contributed by atoms with E-state index in [-0.39, 0.29) is 0 Å². The van der Waals surface area contributed by atoms with Gasteiger partial charge in [0.2, 0.25) is 0 Å². The molecule has 0 saturated heterocycles. The average Bonchev–Trinajstić information content (AvgIpc) is 1.69. The van der Waals surface area contributed by atoms with Gasteiger partial charge in [-0.2, -0.15) is 0 Å². The van der Waals surface area contributed by atoms with Gasteiger partial charge in [0.15, 0.2) is 0 Å². The smallest absolute Gasteiger partial charge is 0.0533 e. The zero-order valence-corrected chi connectivity index (χ0v) is 5.57. The second-order valence-corrected chi connectivity index (χ2v) is 2.61. The van der Waals surface area contributed by atoms with Gasteiger partial charge in [0.05, 0.1) is 15.7 Å². The van der Waals surface area contributed by atoms with Crippen molar-refractivity contribution < 1.29 is 4.21 Å². The molecule has 3 heteroatoms. The molecule has 0 heterocycles. The maximum atomic E-state index is 10.5. The molecule has 0 aromatic carbocycles. The Kier molecular flexibility index (Phi) is 3.19. The summed E-state index contributed by atoms with van der Waals surface area (Å²) in [6.45, 7) is 3.41. The number of hydrogen-bond acceptors (Lipinski definition) is 2. The molecule has 0 aliphatic carbocycles. The van der Waals surface area contributed by atoms with Gasteiger partial charge in [0, 0.05) is 12.5 Å². The highest BCUT2D eigenvalue weighted by Gasteiger charge is 1.91. The summed E-state index contributed by atoms with van der Waals surface area (Å²) in [5.41, 5.74) is 5.06. The third kappa shape index (κ3) is 1.93. The molecule has 0 aliphatic rings. The van der Waals surface area contributed by atoms with Crippen molar-refractivity contribution in [3.63, 3.8) is 0 Å².